The summed E-state index contributed by atoms with van der Waals surface area (Å²) in [5, 5.41) is 10.6. The molecule has 0 aliphatic rings. The van der Waals surface area contributed by atoms with E-state index in [1.165, 1.54) is 103 Å². The number of ether oxygens (including phenoxy) is 4. The summed E-state index contributed by atoms with van der Waals surface area (Å²) in [6.07, 6.45) is 85.8. The molecule has 0 spiro atoms. The number of esters is 4. The van der Waals surface area contributed by atoms with Crippen LogP contribution in [0.1, 0.15) is 323 Å². The third kappa shape index (κ3) is 75.4. The first kappa shape index (κ1) is 99.2. The maximum absolute atomic E-state index is 13.1. The normalized spacial score (nSPS) is 14.6. The Hall–Kier alpha value is -4.80. The van der Waals surface area contributed by atoms with E-state index >= 15 is 0 Å². The lowest BCUT2D eigenvalue weighted by Gasteiger charge is -2.21. The van der Waals surface area contributed by atoms with E-state index in [1.807, 2.05) is 24.3 Å². The Morgan fingerprint density at radius 3 is 0.808 bits per heavy atom. The summed E-state index contributed by atoms with van der Waals surface area (Å²) in [5.41, 5.74) is 0. The fourth-order valence-corrected chi connectivity index (χ4v) is 12.1. The van der Waals surface area contributed by atoms with Crippen LogP contribution in [-0.4, -0.2) is 96.7 Å². The fraction of sp³-hybridized carbons (Fsp3) is 0.694. The molecule has 0 heterocycles. The number of phosphoric ester groups is 2. The lowest BCUT2D eigenvalue weighted by atomic mass is 10.0. The summed E-state index contributed by atoms with van der Waals surface area (Å²) in [5.74, 6) is -2.31. The van der Waals surface area contributed by atoms with Gasteiger partial charge in [-0.1, -0.05) is 303 Å². The van der Waals surface area contributed by atoms with Crippen LogP contribution in [0.5, 0.6) is 0 Å². The first-order valence-corrected chi connectivity index (χ1v) is 43.4. The van der Waals surface area contributed by atoms with Crippen molar-refractivity contribution in [3.05, 3.63) is 134 Å². The average molecular weight is 1500 g/mol. The standard InChI is InChI=1S/C85H144O17P2/c1-5-9-13-17-21-25-29-33-37-39-43-45-49-53-57-61-65-69-82(87)95-75-80(101-84(89)71-67-63-59-55-51-47-41-35-31-27-23-19-15-11-7-3)77-99-103(91,92)97-73-79(86)74-98-104(93,94)100-78-81(102-85(90)72-68-64-60-56-52-48-42-36-32-28-24-20-16-12-8-4)76-96-83(88)70-66-62-58-54-50-46-44-40-38-34-30-26-22-18-14-10-6-2/h9-10,13-14,21-22,25-26,33-35,37-38,41,43-46,53-54,57-58,79-81,86H,5-8,11-12,15-20,23-24,27-32,36,39-40,42,47-52,55-56,59-78H2,1-4H3,(H,91,92)(H,93,94)/b13-9-,14-10-,25-21-,26-22-,37-33-,38-34-,41-35-,45-43-,46-44-,57-53-,58-54-. The SMILES string of the molecule is CC/C=C\C/C=C\C/C=C\C/C=C\C/C=C\CCCC(=O)OCC(COP(=O)(O)OCC(O)COP(=O)(O)OCC(COC(=O)CCC/C=C\C/C=C\C/C=C\C/C=C\C/C=C\CC)OC(=O)CCCCCCCCCCCCCCCCC)OC(=O)CCCCCCC/C=C\CCCCCCCC. The van der Waals surface area contributed by atoms with E-state index in [2.05, 4.69) is 137 Å². The van der Waals surface area contributed by atoms with Gasteiger partial charge in [0, 0.05) is 25.7 Å². The zero-order valence-corrected chi connectivity index (χ0v) is 66.9. The molecule has 0 aromatic heterocycles. The van der Waals surface area contributed by atoms with Crippen molar-refractivity contribution in [1.82, 2.24) is 0 Å². The maximum Gasteiger partial charge on any atom is 0.472 e. The second-order valence-electron chi connectivity index (χ2n) is 26.6. The molecule has 5 atom stereocenters. The molecule has 19 heteroatoms. The van der Waals surface area contributed by atoms with Gasteiger partial charge in [0.15, 0.2) is 12.2 Å². The Labute approximate surface area is 631 Å². The molecule has 596 valence electrons. The van der Waals surface area contributed by atoms with E-state index in [0.29, 0.717) is 38.5 Å². The van der Waals surface area contributed by atoms with E-state index in [9.17, 15) is 43.2 Å². The van der Waals surface area contributed by atoms with Crippen LogP contribution >= 0.6 is 15.6 Å². The van der Waals surface area contributed by atoms with Gasteiger partial charge in [0.05, 0.1) is 26.4 Å². The predicted octanol–water partition coefficient (Wildman–Crippen LogP) is 23.7. The number of rotatable bonds is 75. The number of unbranched alkanes of at least 4 members (excludes halogenated alkanes) is 27. The molecule has 0 rings (SSSR count). The molecule has 0 bridgehead atoms. The van der Waals surface area contributed by atoms with Crippen molar-refractivity contribution in [2.45, 2.75) is 341 Å². The number of carbonyl (C=O) groups excluding carboxylic acids is 4. The van der Waals surface area contributed by atoms with E-state index in [4.69, 9.17) is 37.0 Å². The lowest BCUT2D eigenvalue weighted by Crippen LogP contribution is -2.30. The Bertz CT molecular complexity index is 2490. The number of carbonyl (C=O) groups is 4. The molecule has 17 nitrogen and oxygen atoms in total. The van der Waals surface area contributed by atoms with Crippen LogP contribution in [0.4, 0.5) is 0 Å². The summed E-state index contributed by atoms with van der Waals surface area (Å²) in [6.45, 7) is 4.53. The molecule has 104 heavy (non-hydrogen) atoms. The van der Waals surface area contributed by atoms with Gasteiger partial charge in [-0.05, 0) is 128 Å². The summed E-state index contributed by atoms with van der Waals surface area (Å²) in [7, 11) is -9.99. The van der Waals surface area contributed by atoms with Crippen LogP contribution in [0.25, 0.3) is 0 Å². The minimum atomic E-state index is -5.00. The van der Waals surface area contributed by atoms with E-state index in [0.717, 1.165) is 128 Å². The second kappa shape index (κ2) is 76.4. The van der Waals surface area contributed by atoms with E-state index < -0.39 is 97.5 Å². The summed E-state index contributed by atoms with van der Waals surface area (Å²) < 4.78 is 68.5. The highest BCUT2D eigenvalue weighted by Crippen LogP contribution is 2.45. The number of hydrogen-bond donors (Lipinski definition) is 3. The molecule has 0 radical (unpaired) electrons. The fourth-order valence-electron chi connectivity index (χ4n) is 10.5. The predicted molar refractivity (Wildman–Crippen MR) is 427 cm³/mol. The largest absolute Gasteiger partial charge is 0.472 e. The van der Waals surface area contributed by atoms with Crippen molar-refractivity contribution in [3.63, 3.8) is 0 Å². The van der Waals surface area contributed by atoms with Crippen molar-refractivity contribution in [3.8, 4) is 0 Å². The number of aliphatic hydroxyl groups excluding tert-OH is 1. The molecule has 0 aromatic carbocycles. The van der Waals surface area contributed by atoms with Gasteiger partial charge in [0.2, 0.25) is 0 Å². The van der Waals surface area contributed by atoms with Gasteiger partial charge in [0.25, 0.3) is 0 Å². The topological polar surface area (TPSA) is 237 Å². The van der Waals surface area contributed by atoms with Gasteiger partial charge >= 0.3 is 39.5 Å². The monoisotopic (exact) mass is 1500 g/mol. The van der Waals surface area contributed by atoms with Gasteiger partial charge in [0.1, 0.15) is 19.3 Å². The van der Waals surface area contributed by atoms with Crippen LogP contribution in [0.15, 0.2) is 134 Å². The highest BCUT2D eigenvalue weighted by Gasteiger charge is 2.30. The van der Waals surface area contributed by atoms with Crippen LogP contribution in [-0.2, 0) is 65.4 Å². The van der Waals surface area contributed by atoms with Crippen molar-refractivity contribution in [1.29, 1.82) is 0 Å². The van der Waals surface area contributed by atoms with Crippen LogP contribution in [0.3, 0.4) is 0 Å². The molecule has 5 unspecified atom stereocenters. The highest BCUT2D eigenvalue weighted by molar-refractivity contribution is 7.47. The number of hydrogen-bond acceptors (Lipinski definition) is 15. The van der Waals surface area contributed by atoms with E-state index in [-0.39, 0.29) is 25.7 Å². The zero-order chi connectivity index (χ0) is 76.0. The highest BCUT2D eigenvalue weighted by atomic mass is 31.2. The third-order valence-corrected chi connectivity index (χ3v) is 18.5. The average Bonchev–Trinajstić information content (AvgIpc) is 0.937. The van der Waals surface area contributed by atoms with Gasteiger partial charge in [-0.3, -0.25) is 37.3 Å². The molecule has 0 saturated carbocycles. The second-order valence-corrected chi connectivity index (χ2v) is 29.5. The van der Waals surface area contributed by atoms with E-state index in [1.54, 1.807) is 0 Å². The van der Waals surface area contributed by atoms with Crippen molar-refractivity contribution in [2.75, 3.05) is 39.6 Å². The molecular weight excluding hydrogens is 1350 g/mol. The van der Waals surface area contributed by atoms with Crippen LogP contribution in [0.2, 0.25) is 0 Å². The Morgan fingerprint density at radius 1 is 0.279 bits per heavy atom. The smallest absolute Gasteiger partial charge is 0.462 e. The first-order valence-electron chi connectivity index (χ1n) is 40.4. The van der Waals surface area contributed by atoms with Gasteiger partial charge in [-0.25, -0.2) is 9.13 Å². The molecule has 0 aliphatic carbocycles. The molecule has 0 saturated heterocycles. The number of allylic oxidation sites excluding steroid dienone is 22. The molecule has 0 aromatic rings. The van der Waals surface area contributed by atoms with Crippen molar-refractivity contribution in [2.24, 2.45) is 0 Å². The summed E-state index contributed by atoms with van der Waals surface area (Å²) in [6, 6.07) is 0. The lowest BCUT2D eigenvalue weighted by molar-refractivity contribution is -0.161. The molecule has 0 amide bonds. The zero-order valence-electron chi connectivity index (χ0n) is 65.2. The maximum atomic E-state index is 13.1. The number of aliphatic hydroxyl groups is 1. The minimum Gasteiger partial charge on any atom is -0.462 e. The number of phosphoric acid groups is 2. The van der Waals surface area contributed by atoms with Crippen LogP contribution < -0.4 is 0 Å². The van der Waals surface area contributed by atoms with Crippen molar-refractivity contribution < 1.29 is 80.2 Å². The first-order chi connectivity index (χ1) is 50.7. The Morgan fingerprint density at radius 2 is 0.510 bits per heavy atom. The molecule has 3 N–H and O–H groups in total. The Kier molecular flexibility index (Phi) is 72.9. The minimum absolute atomic E-state index is 0.0695. The molecular formula is C85H144O17P2. The van der Waals surface area contributed by atoms with Gasteiger partial charge in [-0.2, -0.15) is 0 Å². The molecule has 0 aliphatic heterocycles. The molecule has 0 fully saturated rings. The quantitative estimate of drug-likeness (QED) is 0.0169. The third-order valence-electron chi connectivity index (χ3n) is 16.6. The van der Waals surface area contributed by atoms with Gasteiger partial charge < -0.3 is 33.8 Å². The summed E-state index contributed by atoms with van der Waals surface area (Å²) in [4.78, 5) is 73.0. The van der Waals surface area contributed by atoms with Gasteiger partial charge in [-0.15, -0.1) is 0 Å². The van der Waals surface area contributed by atoms with Crippen LogP contribution in [0, 0.1) is 0 Å². The summed E-state index contributed by atoms with van der Waals surface area (Å²) >= 11 is 0. The van der Waals surface area contributed by atoms with Crippen molar-refractivity contribution >= 4 is 39.5 Å². The Balaban J connectivity index is 5.46.